The highest BCUT2D eigenvalue weighted by atomic mass is 32.2. The number of aryl methyl sites for hydroxylation is 2. The molecule has 4 rings (SSSR count). The summed E-state index contributed by atoms with van der Waals surface area (Å²) >= 11 is 0. The summed E-state index contributed by atoms with van der Waals surface area (Å²) in [6.07, 6.45) is 4.95. The third-order valence-corrected chi connectivity index (χ3v) is 7.38. The Hall–Kier alpha value is -2.38. The first kappa shape index (κ1) is 19.0. The number of nitrogens with one attached hydrogen (secondary N) is 1. The van der Waals surface area contributed by atoms with E-state index in [0.717, 1.165) is 37.8 Å². The van der Waals surface area contributed by atoms with Crippen molar-refractivity contribution >= 4 is 21.6 Å². The Morgan fingerprint density at radius 2 is 1.75 bits per heavy atom. The monoisotopic (exact) mass is 400 g/mol. The number of benzene rings is 2. The predicted molar refractivity (Wildman–Crippen MR) is 107 cm³/mol. The van der Waals surface area contributed by atoms with Crippen molar-refractivity contribution in [1.82, 2.24) is 4.31 Å². The van der Waals surface area contributed by atoms with Crippen molar-refractivity contribution in [3.63, 3.8) is 0 Å². The lowest BCUT2D eigenvalue weighted by Crippen LogP contribution is -2.28. The number of anilines is 1. The molecule has 2 aliphatic rings. The van der Waals surface area contributed by atoms with Crippen molar-refractivity contribution in [3.05, 3.63) is 53.1 Å². The van der Waals surface area contributed by atoms with Gasteiger partial charge in [-0.05, 0) is 73.6 Å². The minimum atomic E-state index is -3.69. The maximum Gasteiger partial charge on any atom is 0.255 e. The fourth-order valence-electron chi connectivity index (χ4n) is 3.94. The summed E-state index contributed by atoms with van der Waals surface area (Å²) < 4.78 is 32.7. The maximum absolute atomic E-state index is 13.0. The highest BCUT2D eigenvalue weighted by molar-refractivity contribution is 7.89. The molecule has 28 heavy (non-hydrogen) atoms. The van der Waals surface area contributed by atoms with Crippen LogP contribution in [-0.2, 0) is 22.9 Å². The summed E-state index contributed by atoms with van der Waals surface area (Å²) in [5, 5.41) is 2.89. The van der Waals surface area contributed by atoms with Gasteiger partial charge in [0.05, 0.1) is 7.11 Å². The molecular formula is C21H24N2O4S. The van der Waals surface area contributed by atoms with Gasteiger partial charge in [0.25, 0.3) is 5.91 Å². The lowest BCUT2D eigenvalue weighted by Gasteiger charge is -2.18. The van der Waals surface area contributed by atoms with E-state index in [9.17, 15) is 13.2 Å². The summed E-state index contributed by atoms with van der Waals surface area (Å²) in [5.74, 6) is -0.0838. The van der Waals surface area contributed by atoms with Gasteiger partial charge in [0, 0.05) is 24.3 Å². The molecule has 1 aliphatic carbocycles. The van der Waals surface area contributed by atoms with Gasteiger partial charge < -0.3 is 10.1 Å². The molecule has 1 N–H and O–H groups in total. The van der Waals surface area contributed by atoms with Crippen LogP contribution < -0.4 is 10.1 Å². The van der Waals surface area contributed by atoms with E-state index < -0.39 is 10.0 Å². The van der Waals surface area contributed by atoms with Crippen LogP contribution in [0.15, 0.2) is 41.3 Å². The molecule has 2 aromatic carbocycles. The Balaban J connectivity index is 1.62. The SMILES string of the molecule is COc1ccc(C(=O)Nc2ccc3c(c2)CCC3)cc1S(=O)(=O)N1CCCC1. The molecule has 148 valence electrons. The van der Waals surface area contributed by atoms with E-state index in [1.807, 2.05) is 12.1 Å². The predicted octanol–water partition coefficient (Wildman–Crippen LogP) is 3.22. The van der Waals surface area contributed by atoms with E-state index in [1.54, 1.807) is 12.1 Å². The quantitative estimate of drug-likeness (QED) is 0.836. The first-order valence-corrected chi connectivity index (χ1v) is 11.0. The number of methoxy groups -OCH3 is 1. The second-order valence-electron chi connectivity index (χ2n) is 7.27. The van der Waals surface area contributed by atoms with Gasteiger partial charge in [-0.25, -0.2) is 8.42 Å². The maximum atomic E-state index is 13.0. The van der Waals surface area contributed by atoms with Gasteiger partial charge in [-0.2, -0.15) is 4.31 Å². The lowest BCUT2D eigenvalue weighted by atomic mass is 10.1. The van der Waals surface area contributed by atoms with Gasteiger partial charge >= 0.3 is 0 Å². The molecule has 6 nitrogen and oxygen atoms in total. The van der Waals surface area contributed by atoms with Gasteiger partial charge in [-0.3, -0.25) is 4.79 Å². The number of nitrogens with zero attached hydrogens (tertiary/aromatic N) is 1. The Morgan fingerprint density at radius 3 is 2.50 bits per heavy atom. The summed E-state index contributed by atoms with van der Waals surface area (Å²) in [5.41, 5.74) is 3.62. The van der Waals surface area contributed by atoms with Gasteiger partial charge in [-0.1, -0.05) is 6.07 Å². The molecule has 0 aromatic heterocycles. The van der Waals surface area contributed by atoms with Crippen LogP contribution in [0.3, 0.4) is 0 Å². The Kier molecular flexibility index (Phi) is 5.12. The molecule has 1 saturated heterocycles. The van der Waals surface area contributed by atoms with Crippen LogP contribution in [0.25, 0.3) is 0 Å². The van der Waals surface area contributed by atoms with Crippen LogP contribution in [0.4, 0.5) is 5.69 Å². The largest absolute Gasteiger partial charge is 0.495 e. The van der Waals surface area contributed by atoms with Gasteiger partial charge in [0.2, 0.25) is 10.0 Å². The van der Waals surface area contributed by atoms with E-state index >= 15 is 0 Å². The van der Waals surface area contributed by atoms with Crippen LogP contribution in [0, 0.1) is 0 Å². The molecule has 1 amide bonds. The molecule has 7 heteroatoms. The summed E-state index contributed by atoms with van der Waals surface area (Å²) in [7, 11) is -2.26. The van der Waals surface area contributed by atoms with Crippen molar-refractivity contribution in [2.45, 2.75) is 37.0 Å². The van der Waals surface area contributed by atoms with Crippen molar-refractivity contribution < 1.29 is 17.9 Å². The van der Waals surface area contributed by atoms with E-state index in [1.165, 1.54) is 28.6 Å². The number of carbonyl (C=O) groups is 1. The lowest BCUT2D eigenvalue weighted by molar-refractivity contribution is 0.102. The Bertz CT molecular complexity index is 1010. The van der Waals surface area contributed by atoms with E-state index in [-0.39, 0.29) is 16.6 Å². The molecule has 0 bridgehead atoms. The smallest absolute Gasteiger partial charge is 0.255 e. The number of sulfonamides is 1. The van der Waals surface area contributed by atoms with E-state index in [4.69, 9.17) is 4.74 Å². The number of fused-ring (bicyclic) bond motifs is 1. The third kappa shape index (κ3) is 3.52. The molecule has 0 atom stereocenters. The summed E-state index contributed by atoms with van der Waals surface area (Å²) in [6, 6.07) is 10.5. The second-order valence-corrected chi connectivity index (χ2v) is 9.17. The van der Waals surface area contributed by atoms with E-state index in [0.29, 0.717) is 18.7 Å². The Morgan fingerprint density at radius 1 is 1.00 bits per heavy atom. The minimum Gasteiger partial charge on any atom is -0.495 e. The second kappa shape index (κ2) is 7.56. The average Bonchev–Trinajstić information content (AvgIpc) is 3.39. The summed E-state index contributed by atoms with van der Waals surface area (Å²) in [6.45, 7) is 0.994. The molecule has 1 heterocycles. The van der Waals surface area contributed by atoms with Crippen molar-refractivity contribution in [2.75, 3.05) is 25.5 Å². The number of hydrogen-bond donors (Lipinski definition) is 1. The van der Waals surface area contributed by atoms with Crippen molar-refractivity contribution in [1.29, 1.82) is 0 Å². The number of carbonyl (C=O) groups excluding carboxylic acids is 1. The van der Waals surface area contributed by atoms with Crippen LogP contribution >= 0.6 is 0 Å². The highest BCUT2D eigenvalue weighted by Gasteiger charge is 2.30. The molecule has 0 spiro atoms. The van der Waals surface area contributed by atoms with Crippen LogP contribution in [0.5, 0.6) is 5.75 Å². The highest BCUT2D eigenvalue weighted by Crippen LogP contribution is 2.30. The Labute approximate surface area is 165 Å². The van der Waals surface area contributed by atoms with Crippen molar-refractivity contribution in [2.24, 2.45) is 0 Å². The summed E-state index contributed by atoms with van der Waals surface area (Å²) in [4.78, 5) is 12.8. The molecule has 0 saturated carbocycles. The van der Waals surface area contributed by atoms with Crippen LogP contribution in [0.1, 0.15) is 40.7 Å². The van der Waals surface area contributed by atoms with Gasteiger partial charge in [0.1, 0.15) is 10.6 Å². The fourth-order valence-corrected chi connectivity index (χ4v) is 5.64. The number of amides is 1. The number of ether oxygens (including phenoxy) is 1. The van der Waals surface area contributed by atoms with Crippen LogP contribution in [-0.4, -0.2) is 38.8 Å². The van der Waals surface area contributed by atoms with Gasteiger partial charge in [0.15, 0.2) is 0 Å². The fraction of sp³-hybridized carbons (Fsp3) is 0.381. The molecule has 0 unspecified atom stereocenters. The first-order chi connectivity index (χ1) is 13.5. The third-order valence-electron chi connectivity index (χ3n) is 5.47. The molecular weight excluding hydrogens is 376 g/mol. The topological polar surface area (TPSA) is 75.7 Å². The minimum absolute atomic E-state index is 0.0403. The standard InChI is InChI=1S/C21H24N2O4S/c1-27-19-10-8-17(14-20(19)28(25,26)23-11-2-3-12-23)21(24)22-18-9-7-15-5-4-6-16(15)13-18/h7-10,13-14H,2-6,11-12H2,1H3,(H,22,24). The zero-order chi connectivity index (χ0) is 19.7. The average molecular weight is 401 g/mol. The van der Waals surface area contributed by atoms with Gasteiger partial charge in [-0.15, -0.1) is 0 Å². The first-order valence-electron chi connectivity index (χ1n) is 9.60. The normalized spacial score (nSPS) is 16.8. The molecule has 2 aromatic rings. The molecule has 1 fully saturated rings. The zero-order valence-electron chi connectivity index (χ0n) is 15.9. The molecule has 1 aliphatic heterocycles. The molecule has 0 radical (unpaired) electrons. The zero-order valence-corrected chi connectivity index (χ0v) is 16.7. The number of hydrogen-bond acceptors (Lipinski definition) is 4. The van der Waals surface area contributed by atoms with Crippen LogP contribution in [0.2, 0.25) is 0 Å². The number of rotatable bonds is 5. The van der Waals surface area contributed by atoms with Crippen molar-refractivity contribution in [3.8, 4) is 5.75 Å². The van der Waals surface area contributed by atoms with E-state index in [2.05, 4.69) is 11.4 Å².